The van der Waals surface area contributed by atoms with Gasteiger partial charge in [0.1, 0.15) is 5.75 Å². The summed E-state index contributed by atoms with van der Waals surface area (Å²) in [6.45, 7) is 7.63. The molecule has 0 amide bonds. The summed E-state index contributed by atoms with van der Waals surface area (Å²) in [5.74, 6) is 0.910. The zero-order valence-corrected chi connectivity index (χ0v) is 11.1. The number of rotatable bonds is 2. The van der Waals surface area contributed by atoms with E-state index in [1.54, 1.807) is 7.11 Å². The van der Waals surface area contributed by atoms with Crippen LogP contribution in [-0.4, -0.2) is 19.2 Å². The van der Waals surface area contributed by atoms with E-state index in [1.807, 2.05) is 6.07 Å². The average molecular weight is 234 g/mol. The van der Waals surface area contributed by atoms with E-state index in [9.17, 15) is 0 Å². The first-order chi connectivity index (χ1) is 7.99. The Labute approximate surface area is 104 Å². The van der Waals surface area contributed by atoms with Crippen LogP contribution in [0.25, 0.3) is 0 Å². The van der Waals surface area contributed by atoms with Crippen LogP contribution < -0.4 is 15.4 Å². The average Bonchev–Trinajstić information content (AvgIpc) is 2.26. The van der Waals surface area contributed by atoms with Gasteiger partial charge in [0.15, 0.2) is 0 Å². The molecule has 1 aromatic rings. The Morgan fingerprint density at radius 2 is 2.12 bits per heavy atom. The second kappa shape index (κ2) is 4.57. The summed E-state index contributed by atoms with van der Waals surface area (Å²) < 4.78 is 5.26. The largest absolute Gasteiger partial charge is 0.497 e. The summed E-state index contributed by atoms with van der Waals surface area (Å²) >= 11 is 0. The van der Waals surface area contributed by atoms with Crippen LogP contribution in [-0.2, 0) is 0 Å². The topological polar surface area (TPSA) is 33.3 Å². The summed E-state index contributed by atoms with van der Waals surface area (Å²) in [6.07, 6.45) is 1.12. The van der Waals surface area contributed by atoms with Crippen molar-refractivity contribution >= 4 is 5.69 Å². The molecular weight excluding hydrogens is 212 g/mol. The SMILES string of the molecule is COc1ccc2c(c1)NCCC2NC(C)(C)C. The molecule has 0 bridgehead atoms. The lowest BCUT2D eigenvalue weighted by molar-refractivity contribution is 0.350. The van der Waals surface area contributed by atoms with Crippen LogP contribution in [0.2, 0.25) is 0 Å². The molecule has 1 atom stereocenters. The van der Waals surface area contributed by atoms with Gasteiger partial charge in [0.05, 0.1) is 7.11 Å². The molecule has 1 aliphatic rings. The Hall–Kier alpha value is -1.22. The molecule has 1 aromatic carbocycles. The second-order valence-corrected chi connectivity index (χ2v) is 5.62. The van der Waals surface area contributed by atoms with Crippen molar-refractivity contribution in [2.45, 2.75) is 38.8 Å². The van der Waals surface area contributed by atoms with Crippen molar-refractivity contribution in [1.82, 2.24) is 5.32 Å². The Balaban J connectivity index is 2.25. The maximum Gasteiger partial charge on any atom is 0.120 e. The maximum absolute atomic E-state index is 5.26. The zero-order chi connectivity index (χ0) is 12.5. The number of ether oxygens (including phenoxy) is 1. The van der Waals surface area contributed by atoms with Crippen LogP contribution >= 0.6 is 0 Å². The Bertz CT molecular complexity index is 396. The smallest absolute Gasteiger partial charge is 0.120 e. The first-order valence-electron chi connectivity index (χ1n) is 6.19. The Morgan fingerprint density at radius 3 is 2.76 bits per heavy atom. The van der Waals surface area contributed by atoms with Crippen LogP contribution in [0.1, 0.15) is 38.8 Å². The molecule has 1 unspecified atom stereocenters. The molecule has 1 aliphatic heterocycles. The summed E-state index contributed by atoms with van der Waals surface area (Å²) in [7, 11) is 1.70. The molecule has 0 aromatic heterocycles. The van der Waals surface area contributed by atoms with E-state index in [4.69, 9.17) is 4.74 Å². The van der Waals surface area contributed by atoms with Gasteiger partial charge in [-0.25, -0.2) is 0 Å². The normalized spacial score (nSPS) is 19.4. The van der Waals surface area contributed by atoms with E-state index >= 15 is 0 Å². The van der Waals surface area contributed by atoms with Crippen LogP contribution in [0.3, 0.4) is 0 Å². The summed E-state index contributed by atoms with van der Waals surface area (Å²) in [5.41, 5.74) is 2.67. The number of fused-ring (bicyclic) bond motifs is 1. The monoisotopic (exact) mass is 234 g/mol. The van der Waals surface area contributed by atoms with Crippen molar-refractivity contribution in [3.63, 3.8) is 0 Å². The van der Waals surface area contributed by atoms with Crippen LogP contribution in [0.4, 0.5) is 5.69 Å². The predicted molar refractivity (Wildman–Crippen MR) is 71.7 cm³/mol. The Kier molecular flexibility index (Phi) is 3.29. The summed E-state index contributed by atoms with van der Waals surface area (Å²) in [6, 6.07) is 6.69. The molecule has 3 heteroatoms. The van der Waals surface area contributed by atoms with Crippen LogP contribution in [0.15, 0.2) is 18.2 Å². The van der Waals surface area contributed by atoms with Crippen molar-refractivity contribution in [2.24, 2.45) is 0 Å². The number of nitrogens with one attached hydrogen (secondary N) is 2. The molecule has 1 heterocycles. The van der Waals surface area contributed by atoms with Gasteiger partial charge in [-0.2, -0.15) is 0 Å². The molecule has 0 spiro atoms. The number of hydrogen-bond donors (Lipinski definition) is 2. The van der Waals surface area contributed by atoms with Crippen molar-refractivity contribution in [3.05, 3.63) is 23.8 Å². The van der Waals surface area contributed by atoms with Gasteiger partial charge in [0, 0.05) is 29.9 Å². The van der Waals surface area contributed by atoms with Crippen LogP contribution in [0, 0.1) is 0 Å². The molecule has 0 fully saturated rings. The van der Waals surface area contributed by atoms with Gasteiger partial charge in [-0.15, -0.1) is 0 Å². The highest BCUT2D eigenvalue weighted by atomic mass is 16.5. The van der Waals surface area contributed by atoms with Gasteiger partial charge >= 0.3 is 0 Å². The molecule has 17 heavy (non-hydrogen) atoms. The fourth-order valence-electron chi connectivity index (χ4n) is 2.30. The van der Waals surface area contributed by atoms with Gasteiger partial charge in [0.25, 0.3) is 0 Å². The van der Waals surface area contributed by atoms with E-state index in [0.29, 0.717) is 6.04 Å². The number of methoxy groups -OCH3 is 1. The van der Waals surface area contributed by atoms with Crippen molar-refractivity contribution in [3.8, 4) is 5.75 Å². The Morgan fingerprint density at radius 1 is 1.35 bits per heavy atom. The minimum atomic E-state index is 0.138. The first-order valence-corrected chi connectivity index (χ1v) is 6.19. The molecular formula is C14H22N2O. The van der Waals surface area contributed by atoms with Crippen molar-refractivity contribution in [1.29, 1.82) is 0 Å². The van der Waals surface area contributed by atoms with E-state index in [-0.39, 0.29) is 5.54 Å². The van der Waals surface area contributed by atoms with Gasteiger partial charge < -0.3 is 15.4 Å². The molecule has 3 nitrogen and oxygen atoms in total. The fraction of sp³-hybridized carbons (Fsp3) is 0.571. The molecule has 94 valence electrons. The quantitative estimate of drug-likeness (QED) is 0.825. The van der Waals surface area contributed by atoms with E-state index in [2.05, 4.69) is 43.5 Å². The van der Waals surface area contributed by atoms with Gasteiger partial charge in [-0.3, -0.25) is 0 Å². The molecule has 0 aliphatic carbocycles. The molecule has 0 radical (unpaired) electrons. The highest BCUT2D eigenvalue weighted by Gasteiger charge is 2.24. The molecule has 0 saturated carbocycles. The van der Waals surface area contributed by atoms with E-state index < -0.39 is 0 Å². The fourth-order valence-corrected chi connectivity index (χ4v) is 2.30. The summed E-state index contributed by atoms with van der Waals surface area (Å²) in [5, 5.41) is 7.10. The summed E-state index contributed by atoms with van der Waals surface area (Å²) in [4.78, 5) is 0. The minimum Gasteiger partial charge on any atom is -0.497 e. The zero-order valence-electron chi connectivity index (χ0n) is 11.1. The highest BCUT2D eigenvalue weighted by molar-refractivity contribution is 5.58. The lowest BCUT2D eigenvalue weighted by Crippen LogP contribution is -2.41. The minimum absolute atomic E-state index is 0.138. The molecule has 0 saturated heterocycles. The van der Waals surface area contributed by atoms with E-state index in [1.165, 1.54) is 11.3 Å². The maximum atomic E-state index is 5.26. The number of benzene rings is 1. The predicted octanol–water partition coefficient (Wildman–Crippen LogP) is 2.94. The lowest BCUT2D eigenvalue weighted by atomic mass is 9.95. The third-order valence-corrected chi connectivity index (χ3v) is 2.99. The third kappa shape index (κ3) is 2.91. The first kappa shape index (κ1) is 12.2. The highest BCUT2D eigenvalue weighted by Crippen LogP contribution is 2.33. The van der Waals surface area contributed by atoms with Crippen molar-refractivity contribution in [2.75, 3.05) is 19.0 Å². The second-order valence-electron chi connectivity index (χ2n) is 5.62. The van der Waals surface area contributed by atoms with Gasteiger partial charge in [-0.1, -0.05) is 6.07 Å². The number of anilines is 1. The van der Waals surface area contributed by atoms with Crippen LogP contribution in [0.5, 0.6) is 5.75 Å². The number of hydrogen-bond acceptors (Lipinski definition) is 3. The van der Waals surface area contributed by atoms with Crippen molar-refractivity contribution < 1.29 is 4.74 Å². The molecule has 2 N–H and O–H groups in total. The standard InChI is InChI=1S/C14H22N2O/c1-14(2,3)16-12-7-8-15-13-9-10(17-4)5-6-11(12)13/h5-6,9,12,15-16H,7-8H2,1-4H3. The molecule has 2 rings (SSSR count). The van der Waals surface area contributed by atoms with Gasteiger partial charge in [0.2, 0.25) is 0 Å². The van der Waals surface area contributed by atoms with E-state index in [0.717, 1.165) is 18.7 Å². The third-order valence-electron chi connectivity index (χ3n) is 2.99. The lowest BCUT2D eigenvalue weighted by Gasteiger charge is -2.33. The van der Waals surface area contributed by atoms with Gasteiger partial charge in [-0.05, 0) is 38.8 Å².